The predicted octanol–water partition coefficient (Wildman–Crippen LogP) is 0.866. The zero-order valence-corrected chi connectivity index (χ0v) is 24.7. The minimum absolute atomic E-state index is 0.0181. The third kappa shape index (κ3) is 4.80. The summed E-state index contributed by atoms with van der Waals surface area (Å²) in [5.74, 6) is -9.81. The Morgan fingerprint density at radius 3 is 2.38 bits per heavy atom. The van der Waals surface area contributed by atoms with E-state index in [0.717, 1.165) is 5.56 Å². The lowest BCUT2D eigenvalue weighted by Gasteiger charge is -2.52. The molecule has 40 heavy (non-hydrogen) atoms. The molecule has 1 aromatic carbocycles. The molecule has 1 amide bonds. The van der Waals surface area contributed by atoms with E-state index in [0.29, 0.717) is 30.0 Å². The van der Waals surface area contributed by atoms with Gasteiger partial charge in [-0.1, -0.05) is 20.8 Å². The lowest BCUT2D eigenvalue weighted by Crippen LogP contribution is -2.74. The van der Waals surface area contributed by atoms with E-state index in [1.54, 1.807) is 14.1 Å². The summed E-state index contributed by atoms with van der Waals surface area (Å²) in [6.45, 7) is 7.47. The third-order valence-electron chi connectivity index (χ3n) is 8.50. The van der Waals surface area contributed by atoms with Crippen LogP contribution in [0.4, 0.5) is 0 Å². The van der Waals surface area contributed by atoms with Crippen molar-refractivity contribution in [1.29, 1.82) is 0 Å². The summed E-state index contributed by atoms with van der Waals surface area (Å²) in [5.41, 5.74) is 4.76. The molecule has 0 radical (unpaired) electrons. The highest BCUT2D eigenvalue weighted by Gasteiger charge is 2.69. The summed E-state index contributed by atoms with van der Waals surface area (Å²) in [7, 11) is 3.14. The minimum Gasteiger partial charge on any atom is -0.507 e. The molecule has 2 saturated carbocycles. The Morgan fingerprint density at radius 1 is 1.18 bits per heavy atom. The maximum absolute atomic E-state index is 14.0. The molecule has 3 aliphatic carbocycles. The topological polar surface area (TPSA) is 167 Å². The first-order valence-electron chi connectivity index (χ1n) is 13.5. The van der Waals surface area contributed by atoms with Crippen LogP contribution in [-0.2, 0) is 37.9 Å². The molecule has 3 aliphatic rings. The van der Waals surface area contributed by atoms with Gasteiger partial charge in [-0.25, -0.2) is 0 Å². The van der Waals surface area contributed by atoms with E-state index in [1.807, 2.05) is 12.3 Å². The standard InChI is InChI=1S/C29H39N3O7S/c1-28(2,3)12-31-10-14-7-15(11-40-6)22(33)19-16(14)8-13-9-17-21(32(4)5)24(35)20(27(30)38)26(37)29(17,39)25(36)18(13)23(19)34/h7,13,17-18,20-21,31,33,39H,8-12H2,1-6H3,(H2,30,38)/t13-,17-,18?,20?,21?,29?/m1/s1. The number of Topliss-reactive ketones (excluding diaryl/α,β-unsaturated/α-hetero) is 4. The first kappa shape index (κ1) is 30.4. The van der Waals surface area contributed by atoms with Gasteiger partial charge in [-0.2, -0.15) is 11.8 Å². The number of hydrogen-bond donors (Lipinski definition) is 4. The molecule has 0 aromatic heterocycles. The Morgan fingerprint density at radius 2 is 1.82 bits per heavy atom. The quantitative estimate of drug-likeness (QED) is 0.344. The monoisotopic (exact) mass is 573 g/mol. The Kier molecular flexibility index (Phi) is 8.09. The molecule has 218 valence electrons. The highest BCUT2D eigenvalue weighted by atomic mass is 32.2. The largest absolute Gasteiger partial charge is 0.507 e. The van der Waals surface area contributed by atoms with Crippen molar-refractivity contribution in [3.8, 4) is 5.75 Å². The van der Waals surface area contributed by atoms with Crippen molar-refractivity contribution in [3.05, 3.63) is 28.3 Å². The zero-order chi connectivity index (χ0) is 29.9. The van der Waals surface area contributed by atoms with Gasteiger partial charge in [0.15, 0.2) is 34.7 Å². The van der Waals surface area contributed by atoms with E-state index in [2.05, 4.69) is 26.1 Å². The average molecular weight is 574 g/mol. The van der Waals surface area contributed by atoms with E-state index >= 15 is 0 Å². The highest BCUT2D eigenvalue weighted by molar-refractivity contribution is 7.97. The molecular weight excluding hydrogens is 534 g/mol. The first-order valence-corrected chi connectivity index (χ1v) is 14.9. The molecule has 2 fully saturated rings. The number of fused-ring (bicyclic) bond motifs is 3. The van der Waals surface area contributed by atoms with Crippen LogP contribution in [0.3, 0.4) is 0 Å². The number of rotatable bonds is 7. The molecule has 0 spiro atoms. The average Bonchev–Trinajstić information content (AvgIpc) is 2.83. The summed E-state index contributed by atoms with van der Waals surface area (Å²) >= 11 is 1.48. The van der Waals surface area contributed by atoms with E-state index < -0.39 is 64.4 Å². The number of nitrogens with zero attached hydrogens (tertiary/aromatic N) is 1. The number of benzene rings is 1. The Hall–Kier alpha value is -2.60. The lowest BCUT2D eigenvalue weighted by atomic mass is 9.52. The van der Waals surface area contributed by atoms with E-state index in [1.165, 1.54) is 16.7 Å². The predicted molar refractivity (Wildman–Crippen MR) is 150 cm³/mol. The Bertz CT molecular complexity index is 1290. The molecule has 4 unspecified atom stereocenters. The van der Waals surface area contributed by atoms with Gasteiger partial charge in [0, 0.05) is 30.3 Å². The summed E-state index contributed by atoms with van der Waals surface area (Å²) in [6, 6.07) is 0.773. The maximum Gasteiger partial charge on any atom is 0.235 e. The Balaban J connectivity index is 1.83. The summed E-state index contributed by atoms with van der Waals surface area (Å²) in [5, 5.41) is 26.4. The molecule has 6 atom stereocenters. The number of aliphatic hydroxyl groups is 1. The van der Waals surface area contributed by atoms with Gasteiger partial charge in [0.05, 0.1) is 17.5 Å². The van der Waals surface area contributed by atoms with Crippen LogP contribution in [0.15, 0.2) is 6.07 Å². The number of nitrogens with two attached hydrogens (primary N) is 1. The van der Waals surface area contributed by atoms with Gasteiger partial charge in [-0.05, 0) is 61.7 Å². The van der Waals surface area contributed by atoms with Crippen LogP contribution in [0.2, 0.25) is 0 Å². The van der Waals surface area contributed by atoms with Crippen LogP contribution >= 0.6 is 11.8 Å². The second kappa shape index (κ2) is 10.7. The van der Waals surface area contributed by atoms with Crippen molar-refractivity contribution < 1.29 is 34.2 Å². The fourth-order valence-corrected chi connectivity index (χ4v) is 7.34. The number of carbonyl (C=O) groups excluding carboxylic acids is 5. The molecule has 4 rings (SSSR count). The third-order valence-corrected chi connectivity index (χ3v) is 9.10. The number of thioether (sulfide) groups is 1. The van der Waals surface area contributed by atoms with E-state index in [-0.39, 0.29) is 29.6 Å². The number of phenols is 1. The number of phenolic OH excluding ortho intramolecular Hbond substituents is 1. The van der Waals surface area contributed by atoms with Crippen molar-refractivity contribution >= 4 is 40.8 Å². The van der Waals surface area contributed by atoms with Gasteiger partial charge in [0.1, 0.15) is 5.75 Å². The van der Waals surface area contributed by atoms with Gasteiger partial charge in [0.25, 0.3) is 0 Å². The summed E-state index contributed by atoms with van der Waals surface area (Å²) < 4.78 is 0. The second-order valence-corrected chi connectivity index (χ2v) is 13.6. The van der Waals surface area contributed by atoms with Gasteiger partial charge in [-0.15, -0.1) is 0 Å². The van der Waals surface area contributed by atoms with Gasteiger partial charge in [0.2, 0.25) is 5.91 Å². The number of aromatic hydroxyl groups is 1. The summed E-state index contributed by atoms with van der Waals surface area (Å²) in [4.78, 5) is 68.3. The molecule has 0 bridgehead atoms. The van der Waals surface area contributed by atoms with Crippen molar-refractivity contribution in [1.82, 2.24) is 10.2 Å². The highest BCUT2D eigenvalue weighted by Crippen LogP contribution is 2.51. The fraction of sp³-hybridized carbons (Fsp3) is 0.621. The normalized spacial score (nSPS) is 30.2. The molecule has 1 aromatic rings. The van der Waals surface area contributed by atoms with Crippen LogP contribution in [-0.4, -0.2) is 82.7 Å². The van der Waals surface area contributed by atoms with Crippen LogP contribution in [0.5, 0.6) is 5.75 Å². The van der Waals surface area contributed by atoms with Crippen LogP contribution in [0, 0.1) is 29.1 Å². The fourth-order valence-electron chi connectivity index (χ4n) is 6.81. The number of primary amides is 1. The van der Waals surface area contributed by atoms with Gasteiger partial charge < -0.3 is 21.3 Å². The number of nitrogens with one attached hydrogen (secondary N) is 1. The number of likely N-dealkylation sites (N-methyl/N-ethyl adjacent to an activating group) is 1. The Labute approximate surface area is 238 Å². The maximum atomic E-state index is 14.0. The number of hydrogen-bond acceptors (Lipinski definition) is 10. The molecular formula is C29H39N3O7S. The number of ketones is 4. The van der Waals surface area contributed by atoms with Gasteiger partial charge in [-0.3, -0.25) is 28.9 Å². The molecule has 11 heteroatoms. The van der Waals surface area contributed by atoms with Crippen molar-refractivity contribution in [2.24, 2.45) is 34.8 Å². The van der Waals surface area contributed by atoms with Crippen molar-refractivity contribution in [3.63, 3.8) is 0 Å². The van der Waals surface area contributed by atoms with Crippen LogP contribution < -0.4 is 11.1 Å². The van der Waals surface area contributed by atoms with Gasteiger partial charge >= 0.3 is 0 Å². The van der Waals surface area contributed by atoms with Crippen molar-refractivity contribution in [2.45, 2.75) is 57.6 Å². The van der Waals surface area contributed by atoms with E-state index in [9.17, 15) is 34.2 Å². The second-order valence-electron chi connectivity index (χ2n) is 12.8. The first-order chi connectivity index (χ1) is 18.6. The molecule has 0 heterocycles. The summed E-state index contributed by atoms with van der Waals surface area (Å²) in [6.07, 6.45) is 2.17. The van der Waals surface area contributed by atoms with Crippen LogP contribution in [0.25, 0.3) is 0 Å². The lowest BCUT2D eigenvalue weighted by molar-refractivity contribution is -0.181. The van der Waals surface area contributed by atoms with Crippen molar-refractivity contribution in [2.75, 3.05) is 26.9 Å². The molecule has 0 aliphatic heterocycles. The number of amides is 1. The smallest absolute Gasteiger partial charge is 0.235 e. The van der Waals surface area contributed by atoms with E-state index in [4.69, 9.17) is 5.73 Å². The van der Waals surface area contributed by atoms with Crippen LogP contribution in [0.1, 0.15) is 54.2 Å². The number of carbonyl (C=O) groups is 5. The molecule has 5 N–H and O–H groups in total. The SMILES string of the molecule is CSCc1cc(CNCC(C)(C)C)c2c(c1O)C(=O)C1C(=O)C3(O)C(=O)C(C(N)=O)C(=O)C(N(C)C)[C@H]3C[C@H]1C2. The zero-order valence-electron chi connectivity index (χ0n) is 23.9. The minimum atomic E-state index is -2.72. The molecule has 10 nitrogen and oxygen atoms in total. The molecule has 0 saturated heterocycles.